The lowest BCUT2D eigenvalue weighted by molar-refractivity contribution is -0.137. The summed E-state index contributed by atoms with van der Waals surface area (Å²) in [6.45, 7) is 0. The van der Waals surface area contributed by atoms with Crippen LogP contribution in [0.4, 0.5) is 13.2 Å². The maximum absolute atomic E-state index is 12.7. The molecule has 0 aliphatic heterocycles. The van der Waals surface area contributed by atoms with Crippen molar-refractivity contribution in [2.24, 2.45) is 0 Å². The molecule has 0 aromatic carbocycles. The van der Waals surface area contributed by atoms with Gasteiger partial charge in [0.1, 0.15) is 0 Å². The van der Waals surface area contributed by atoms with Crippen LogP contribution in [-0.2, 0) is 10.9 Å². The third kappa shape index (κ3) is 2.76. The molecule has 0 spiro atoms. The van der Waals surface area contributed by atoms with Crippen molar-refractivity contribution in [3.63, 3.8) is 0 Å². The number of methoxy groups -OCH3 is 1. The van der Waals surface area contributed by atoms with Gasteiger partial charge in [-0.1, -0.05) is 6.07 Å². The van der Waals surface area contributed by atoms with Crippen molar-refractivity contribution in [2.45, 2.75) is 6.18 Å². The number of hydrogen-bond donors (Lipinski definition) is 0. The highest BCUT2D eigenvalue weighted by molar-refractivity contribution is 5.95. The molecule has 2 aromatic rings. The van der Waals surface area contributed by atoms with Crippen LogP contribution in [0.5, 0.6) is 0 Å². The van der Waals surface area contributed by atoms with E-state index in [1.165, 1.54) is 18.5 Å². The Morgan fingerprint density at radius 1 is 1.30 bits per heavy atom. The van der Waals surface area contributed by atoms with Crippen LogP contribution in [0.25, 0.3) is 11.1 Å². The van der Waals surface area contributed by atoms with Gasteiger partial charge in [-0.2, -0.15) is 13.2 Å². The molecule has 0 saturated heterocycles. The Hall–Kier alpha value is -2.44. The molecule has 0 unspecified atom stereocenters. The number of hydrogen-bond acceptors (Lipinski definition) is 4. The van der Waals surface area contributed by atoms with Crippen molar-refractivity contribution in [1.82, 2.24) is 9.97 Å². The molecule has 0 aliphatic carbocycles. The summed E-state index contributed by atoms with van der Waals surface area (Å²) in [6, 6.07) is 3.95. The fourth-order valence-corrected chi connectivity index (χ4v) is 1.62. The molecule has 0 fully saturated rings. The minimum atomic E-state index is -4.54. The third-order valence-electron chi connectivity index (χ3n) is 2.57. The van der Waals surface area contributed by atoms with Gasteiger partial charge < -0.3 is 4.74 Å². The first-order valence-corrected chi connectivity index (χ1v) is 5.49. The third-order valence-corrected chi connectivity index (χ3v) is 2.57. The smallest absolute Gasteiger partial charge is 0.417 e. The average Bonchev–Trinajstić information content (AvgIpc) is 2.46. The van der Waals surface area contributed by atoms with Crippen LogP contribution < -0.4 is 0 Å². The quantitative estimate of drug-likeness (QED) is 0.795. The Morgan fingerprint density at radius 3 is 2.60 bits per heavy atom. The minimum Gasteiger partial charge on any atom is -0.464 e. The Bertz CT molecular complexity index is 627. The number of nitrogens with zero attached hydrogens (tertiary/aromatic N) is 2. The molecule has 0 saturated carbocycles. The van der Waals surface area contributed by atoms with E-state index in [0.717, 1.165) is 13.2 Å². The molecular weight excluding hydrogens is 273 g/mol. The van der Waals surface area contributed by atoms with Crippen molar-refractivity contribution in [3.8, 4) is 11.1 Å². The van der Waals surface area contributed by atoms with Gasteiger partial charge in [0.2, 0.25) is 0 Å². The van der Waals surface area contributed by atoms with E-state index in [9.17, 15) is 18.0 Å². The molecule has 2 heterocycles. The summed E-state index contributed by atoms with van der Waals surface area (Å²) in [7, 11) is 1.13. The number of halogens is 3. The first-order chi connectivity index (χ1) is 9.43. The van der Waals surface area contributed by atoms with Gasteiger partial charge in [0.25, 0.3) is 0 Å². The van der Waals surface area contributed by atoms with Gasteiger partial charge in [-0.05, 0) is 12.1 Å². The summed E-state index contributed by atoms with van der Waals surface area (Å²) in [5, 5.41) is 0. The second-order valence-corrected chi connectivity index (χ2v) is 3.85. The topological polar surface area (TPSA) is 52.1 Å². The highest BCUT2D eigenvalue weighted by atomic mass is 19.4. The maximum atomic E-state index is 12.7. The first kappa shape index (κ1) is 14.0. The molecular formula is C13H9F3N2O2. The van der Waals surface area contributed by atoms with Gasteiger partial charge in [0, 0.05) is 29.7 Å². The van der Waals surface area contributed by atoms with Gasteiger partial charge in [0.15, 0.2) is 5.69 Å². The summed E-state index contributed by atoms with van der Waals surface area (Å²) in [5.74, 6) is -0.808. The van der Waals surface area contributed by atoms with Crippen molar-refractivity contribution >= 4 is 5.97 Å². The molecule has 4 nitrogen and oxygen atoms in total. The van der Waals surface area contributed by atoms with Crippen molar-refractivity contribution < 1.29 is 22.7 Å². The molecule has 0 radical (unpaired) electrons. The number of carbonyl (C=O) groups excluding carboxylic acids is 1. The monoisotopic (exact) mass is 282 g/mol. The second-order valence-electron chi connectivity index (χ2n) is 3.85. The van der Waals surface area contributed by atoms with Crippen molar-refractivity contribution in [2.75, 3.05) is 7.11 Å². The van der Waals surface area contributed by atoms with Gasteiger partial charge in [-0.3, -0.25) is 4.98 Å². The summed E-state index contributed by atoms with van der Waals surface area (Å²) in [4.78, 5) is 19.0. The Morgan fingerprint density at radius 2 is 2.05 bits per heavy atom. The second kappa shape index (κ2) is 5.28. The lowest BCUT2D eigenvalue weighted by Crippen LogP contribution is -2.11. The van der Waals surface area contributed by atoms with E-state index in [2.05, 4.69) is 14.7 Å². The van der Waals surface area contributed by atoms with Crippen LogP contribution in [0.3, 0.4) is 0 Å². The lowest BCUT2D eigenvalue weighted by atomic mass is 10.0. The molecule has 0 aliphatic rings. The zero-order valence-corrected chi connectivity index (χ0v) is 10.3. The van der Waals surface area contributed by atoms with E-state index in [1.807, 2.05) is 0 Å². The molecule has 2 rings (SSSR count). The van der Waals surface area contributed by atoms with Crippen LogP contribution in [0, 0.1) is 0 Å². The van der Waals surface area contributed by atoms with E-state index in [0.29, 0.717) is 11.8 Å². The molecule has 2 aromatic heterocycles. The summed E-state index contributed by atoms with van der Waals surface area (Å²) in [6.07, 6.45) is -1.11. The SMILES string of the molecule is COC(=O)c1ncc(C(F)(F)F)cc1-c1cccnc1. The predicted octanol–water partition coefficient (Wildman–Crippen LogP) is 2.95. The number of pyridine rings is 2. The van der Waals surface area contributed by atoms with Crippen molar-refractivity contribution in [3.05, 3.63) is 48.0 Å². The summed E-state index contributed by atoms with van der Waals surface area (Å²) in [5.41, 5.74) is -0.746. The first-order valence-electron chi connectivity index (χ1n) is 5.49. The maximum Gasteiger partial charge on any atom is 0.417 e. The molecule has 7 heteroatoms. The summed E-state index contributed by atoms with van der Waals surface area (Å²) >= 11 is 0. The molecule has 0 atom stereocenters. The Kier molecular flexibility index (Phi) is 3.69. The zero-order valence-electron chi connectivity index (χ0n) is 10.3. The highest BCUT2D eigenvalue weighted by Crippen LogP contribution is 2.32. The van der Waals surface area contributed by atoms with Crippen LogP contribution in [0.2, 0.25) is 0 Å². The number of rotatable bonds is 2. The fraction of sp³-hybridized carbons (Fsp3) is 0.154. The van der Waals surface area contributed by atoms with E-state index >= 15 is 0 Å². The number of esters is 1. The molecule has 20 heavy (non-hydrogen) atoms. The predicted molar refractivity (Wildman–Crippen MR) is 63.8 cm³/mol. The molecule has 0 amide bonds. The average molecular weight is 282 g/mol. The van der Waals surface area contributed by atoms with Crippen LogP contribution in [0.1, 0.15) is 16.1 Å². The largest absolute Gasteiger partial charge is 0.464 e. The van der Waals surface area contributed by atoms with Crippen LogP contribution in [0.15, 0.2) is 36.8 Å². The number of aromatic nitrogens is 2. The van der Waals surface area contributed by atoms with Gasteiger partial charge >= 0.3 is 12.1 Å². The lowest BCUT2D eigenvalue weighted by Gasteiger charge is -2.11. The summed E-state index contributed by atoms with van der Waals surface area (Å²) < 4.78 is 42.7. The zero-order chi connectivity index (χ0) is 14.8. The minimum absolute atomic E-state index is 0.0276. The standard InChI is InChI=1S/C13H9F3N2O2/c1-20-12(19)11-10(8-3-2-4-17-6-8)5-9(7-18-11)13(14,15)16/h2-7H,1H3. The number of carbonyl (C=O) groups is 1. The highest BCUT2D eigenvalue weighted by Gasteiger charge is 2.32. The molecule has 104 valence electrons. The van der Waals surface area contributed by atoms with Gasteiger partial charge in [-0.25, -0.2) is 9.78 Å². The van der Waals surface area contributed by atoms with Crippen LogP contribution >= 0.6 is 0 Å². The Balaban J connectivity index is 2.64. The van der Waals surface area contributed by atoms with E-state index in [4.69, 9.17) is 0 Å². The molecule has 0 N–H and O–H groups in total. The molecule has 0 bridgehead atoms. The van der Waals surface area contributed by atoms with E-state index in [1.54, 1.807) is 6.07 Å². The van der Waals surface area contributed by atoms with Gasteiger partial charge in [-0.15, -0.1) is 0 Å². The Labute approximate surface area is 112 Å². The van der Waals surface area contributed by atoms with E-state index < -0.39 is 17.7 Å². The number of ether oxygens (including phenoxy) is 1. The van der Waals surface area contributed by atoms with Crippen LogP contribution in [-0.4, -0.2) is 23.0 Å². The normalized spacial score (nSPS) is 11.2. The fourth-order valence-electron chi connectivity index (χ4n) is 1.62. The van der Waals surface area contributed by atoms with Crippen molar-refractivity contribution in [1.29, 1.82) is 0 Å². The van der Waals surface area contributed by atoms with Gasteiger partial charge in [0.05, 0.1) is 12.7 Å². The van der Waals surface area contributed by atoms with E-state index in [-0.39, 0.29) is 11.3 Å². The number of alkyl halides is 3.